The average molecular weight is 261 g/mol. The van der Waals surface area contributed by atoms with Gasteiger partial charge in [0.1, 0.15) is 6.10 Å². The second-order valence-electron chi connectivity index (χ2n) is 5.15. The summed E-state index contributed by atoms with van der Waals surface area (Å²) >= 11 is 0. The molecule has 4 nitrogen and oxygen atoms in total. The first-order valence-electron chi connectivity index (χ1n) is 6.27. The summed E-state index contributed by atoms with van der Waals surface area (Å²) in [5.41, 5.74) is 0. The van der Waals surface area contributed by atoms with Gasteiger partial charge in [0.05, 0.1) is 18.4 Å². The van der Waals surface area contributed by atoms with E-state index in [1.807, 2.05) is 6.92 Å². The zero-order valence-corrected chi connectivity index (χ0v) is 10.2. The monoisotopic (exact) mass is 261 g/mol. The predicted octanol–water partition coefficient (Wildman–Crippen LogP) is 1.03. The largest absolute Gasteiger partial charge is 0.385 e. The van der Waals surface area contributed by atoms with Gasteiger partial charge in [-0.05, 0) is 18.8 Å². The number of aliphatic hydroxyl groups excluding tert-OH is 1. The molecule has 1 heterocycles. The number of hydrogen-bond donors (Lipinski definition) is 1. The van der Waals surface area contributed by atoms with Crippen molar-refractivity contribution in [3.8, 4) is 0 Å². The van der Waals surface area contributed by atoms with Crippen LogP contribution in [0.4, 0.5) is 8.78 Å². The third-order valence-corrected chi connectivity index (χ3v) is 4.06. The highest BCUT2D eigenvalue weighted by molar-refractivity contribution is 6.05. The van der Waals surface area contributed by atoms with Crippen molar-refractivity contribution < 1.29 is 23.5 Å². The third-order valence-electron chi connectivity index (χ3n) is 4.06. The minimum atomic E-state index is -2.94. The van der Waals surface area contributed by atoms with Crippen LogP contribution in [0.15, 0.2) is 0 Å². The molecule has 1 saturated carbocycles. The van der Waals surface area contributed by atoms with E-state index >= 15 is 0 Å². The van der Waals surface area contributed by atoms with Crippen molar-refractivity contribution in [3.05, 3.63) is 0 Å². The van der Waals surface area contributed by atoms with E-state index in [0.29, 0.717) is 18.8 Å². The Morgan fingerprint density at radius 3 is 2.17 bits per heavy atom. The Labute approximate surface area is 104 Å². The number of amides is 2. The first kappa shape index (κ1) is 13.4. The van der Waals surface area contributed by atoms with E-state index in [0.717, 1.165) is 11.3 Å². The normalized spacial score (nSPS) is 33.4. The molecule has 6 heteroatoms. The van der Waals surface area contributed by atoms with Gasteiger partial charge in [0.2, 0.25) is 11.8 Å². The first-order chi connectivity index (χ1) is 8.45. The Kier molecular flexibility index (Phi) is 3.66. The van der Waals surface area contributed by atoms with Crippen LogP contribution in [0.1, 0.15) is 26.2 Å². The SMILES string of the molecule is CCC1CC2C(=O)N(CC(O)C(F)F)C(=O)C2C1. The molecule has 0 aromatic heterocycles. The minimum absolute atomic E-state index is 0.354. The highest BCUT2D eigenvalue weighted by Crippen LogP contribution is 2.44. The summed E-state index contributed by atoms with van der Waals surface area (Å²) in [5, 5.41) is 9.09. The van der Waals surface area contributed by atoms with Gasteiger partial charge in [-0.25, -0.2) is 8.78 Å². The Morgan fingerprint density at radius 1 is 1.28 bits per heavy atom. The van der Waals surface area contributed by atoms with Crippen LogP contribution in [0.2, 0.25) is 0 Å². The van der Waals surface area contributed by atoms with Crippen molar-refractivity contribution in [2.24, 2.45) is 17.8 Å². The van der Waals surface area contributed by atoms with E-state index in [9.17, 15) is 18.4 Å². The van der Waals surface area contributed by atoms with Crippen LogP contribution >= 0.6 is 0 Å². The molecule has 0 aromatic rings. The number of rotatable bonds is 4. The fourth-order valence-electron chi connectivity index (χ4n) is 2.98. The molecule has 2 fully saturated rings. The van der Waals surface area contributed by atoms with Crippen LogP contribution in [0, 0.1) is 17.8 Å². The quantitative estimate of drug-likeness (QED) is 0.769. The molecule has 1 saturated heterocycles. The number of aliphatic hydroxyl groups is 1. The second-order valence-corrected chi connectivity index (χ2v) is 5.15. The third kappa shape index (κ3) is 2.13. The van der Waals surface area contributed by atoms with Crippen molar-refractivity contribution in [2.45, 2.75) is 38.7 Å². The number of likely N-dealkylation sites (tertiary alicyclic amines) is 1. The Morgan fingerprint density at radius 2 is 1.78 bits per heavy atom. The van der Waals surface area contributed by atoms with Crippen LogP contribution in [-0.2, 0) is 9.59 Å². The van der Waals surface area contributed by atoms with Gasteiger partial charge in [0, 0.05) is 0 Å². The molecule has 3 atom stereocenters. The maximum atomic E-state index is 12.2. The molecule has 2 amide bonds. The molecule has 0 aromatic carbocycles. The molecule has 0 bridgehead atoms. The molecule has 2 aliphatic rings. The maximum Gasteiger partial charge on any atom is 0.265 e. The summed E-state index contributed by atoms with van der Waals surface area (Å²) in [6.45, 7) is 1.43. The van der Waals surface area contributed by atoms with E-state index in [4.69, 9.17) is 5.11 Å². The van der Waals surface area contributed by atoms with Crippen molar-refractivity contribution in [2.75, 3.05) is 6.54 Å². The van der Waals surface area contributed by atoms with Crippen LogP contribution in [0.5, 0.6) is 0 Å². The lowest BCUT2D eigenvalue weighted by Crippen LogP contribution is -2.41. The van der Waals surface area contributed by atoms with E-state index in [2.05, 4.69) is 0 Å². The standard InChI is InChI=1S/C12H17F2NO3/c1-2-6-3-7-8(4-6)12(18)15(11(7)17)5-9(16)10(13)14/h6-10,16H,2-5H2,1H3. The van der Waals surface area contributed by atoms with Gasteiger partial charge in [-0.15, -0.1) is 0 Å². The predicted molar refractivity (Wildman–Crippen MR) is 58.7 cm³/mol. The molecule has 1 aliphatic heterocycles. The Bertz CT molecular complexity index is 337. The van der Waals surface area contributed by atoms with Crippen LogP contribution in [-0.4, -0.2) is 40.9 Å². The Balaban J connectivity index is 2.05. The van der Waals surface area contributed by atoms with Gasteiger partial charge in [0.15, 0.2) is 0 Å². The highest BCUT2D eigenvalue weighted by atomic mass is 19.3. The van der Waals surface area contributed by atoms with Crippen molar-refractivity contribution >= 4 is 11.8 Å². The zero-order chi connectivity index (χ0) is 13.4. The fourth-order valence-corrected chi connectivity index (χ4v) is 2.98. The number of carbonyl (C=O) groups is 2. The van der Waals surface area contributed by atoms with Crippen molar-refractivity contribution in [1.29, 1.82) is 0 Å². The Hall–Kier alpha value is -1.04. The number of imide groups is 1. The molecular weight excluding hydrogens is 244 g/mol. The van der Waals surface area contributed by atoms with Crippen molar-refractivity contribution in [1.82, 2.24) is 4.90 Å². The summed E-state index contributed by atoms with van der Waals surface area (Å²) < 4.78 is 24.5. The summed E-state index contributed by atoms with van der Waals surface area (Å²) in [6.07, 6.45) is -2.64. The molecule has 1 aliphatic carbocycles. The van der Waals surface area contributed by atoms with Gasteiger partial charge in [-0.2, -0.15) is 0 Å². The molecular formula is C12H17F2NO3. The highest BCUT2D eigenvalue weighted by Gasteiger charge is 2.52. The van der Waals surface area contributed by atoms with E-state index in [-0.39, 0.29) is 23.7 Å². The molecule has 2 rings (SSSR count). The van der Waals surface area contributed by atoms with E-state index in [1.54, 1.807) is 0 Å². The number of alkyl halides is 2. The number of halogens is 2. The van der Waals surface area contributed by atoms with E-state index < -0.39 is 19.1 Å². The summed E-state index contributed by atoms with van der Waals surface area (Å²) in [7, 11) is 0. The van der Waals surface area contributed by atoms with Gasteiger partial charge >= 0.3 is 0 Å². The lowest BCUT2D eigenvalue weighted by atomic mass is 10.00. The molecule has 3 unspecified atom stereocenters. The number of carbonyl (C=O) groups excluding carboxylic acids is 2. The van der Waals surface area contributed by atoms with E-state index in [1.165, 1.54) is 0 Å². The van der Waals surface area contributed by atoms with Crippen LogP contribution < -0.4 is 0 Å². The maximum absolute atomic E-state index is 12.2. The first-order valence-corrected chi connectivity index (χ1v) is 6.27. The number of fused-ring (bicyclic) bond motifs is 1. The zero-order valence-electron chi connectivity index (χ0n) is 10.2. The van der Waals surface area contributed by atoms with Gasteiger partial charge in [-0.3, -0.25) is 14.5 Å². The summed E-state index contributed by atoms with van der Waals surface area (Å²) in [6, 6.07) is 0. The minimum Gasteiger partial charge on any atom is -0.385 e. The number of hydrogen-bond acceptors (Lipinski definition) is 3. The smallest absolute Gasteiger partial charge is 0.265 e. The molecule has 18 heavy (non-hydrogen) atoms. The number of β-amino-alcohol motifs (C(OH)–C–C–N with tert-alkyl or cyclic N) is 1. The summed E-state index contributed by atoms with van der Waals surface area (Å²) in [4.78, 5) is 24.7. The van der Waals surface area contributed by atoms with Crippen LogP contribution in [0.3, 0.4) is 0 Å². The van der Waals surface area contributed by atoms with Crippen LogP contribution in [0.25, 0.3) is 0 Å². The fraction of sp³-hybridized carbons (Fsp3) is 0.833. The topological polar surface area (TPSA) is 57.6 Å². The van der Waals surface area contributed by atoms with Gasteiger partial charge in [0.25, 0.3) is 6.43 Å². The van der Waals surface area contributed by atoms with Gasteiger partial charge in [-0.1, -0.05) is 13.3 Å². The number of nitrogens with zero attached hydrogens (tertiary/aromatic N) is 1. The lowest BCUT2D eigenvalue weighted by molar-refractivity contribution is -0.143. The molecule has 102 valence electrons. The molecule has 0 spiro atoms. The van der Waals surface area contributed by atoms with Gasteiger partial charge < -0.3 is 5.11 Å². The lowest BCUT2D eigenvalue weighted by Gasteiger charge is -2.20. The molecule has 0 radical (unpaired) electrons. The average Bonchev–Trinajstić information content (AvgIpc) is 2.84. The molecule has 1 N–H and O–H groups in total. The second kappa shape index (κ2) is 4.91. The summed E-state index contributed by atoms with van der Waals surface area (Å²) in [5.74, 6) is -1.11. The van der Waals surface area contributed by atoms with Crippen molar-refractivity contribution in [3.63, 3.8) is 0 Å².